The molecule has 8 heteroatoms. The summed E-state index contributed by atoms with van der Waals surface area (Å²) in [6.07, 6.45) is -4.17. The number of aromatic carboxylic acids is 1. The van der Waals surface area contributed by atoms with E-state index in [2.05, 4.69) is 4.98 Å². The smallest absolute Gasteiger partial charge is 0.418 e. The van der Waals surface area contributed by atoms with Gasteiger partial charge in [-0.05, 0) is 6.07 Å². The molecule has 0 aromatic carbocycles. The van der Waals surface area contributed by atoms with Crippen molar-refractivity contribution in [3.05, 3.63) is 23.4 Å². The molecule has 19 heavy (non-hydrogen) atoms. The van der Waals surface area contributed by atoms with Gasteiger partial charge in [-0.2, -0.15) is 13.2 Å². The van der Waals surface area contributed by atoms with Crippen molar-refractivity contribution in [2.24, 2.45) is 0 Å². The molecule has 0 spiro atoms. The fourth-order valence-corrected chi connectivity index (χ4v) is 1.81. The number of hydrogen-bond donors (Lipinski definition) is 1. The Hall–Kier alpha value is -1.83. The quantitative estimate of drug-likeness (QED) is 0.889. The van der Waals surface area contributed by atoms with Gasteiger partial charge in [0.2, 0.25) is 0 Å². The molecule has 1 aromatic heterocycles. The van der Waals surface area contributed by atoms with Crippen molar-refractivity contribution in [1.29, 1.82) is 0 Å². The molecule has 1 aliphatic rings. The third-order valence-electron chi connectivity index (χ3n) is 2.76. The zero-order valence-electron chi connectivity index (χ0n) is 9.78. The van der Waals surface area contributed by atoms with E-state index in [1.165, 1.54) is 0 Å². The predicted octanol–water partition coefficient (Wildman–Crippen LogP) is 1.64. The molecule has 2 heterocycles. The highest BCUT2D eigenvalue weighted by Crippen LogP contribution is 2.33. The average molecular weight is 276 g/mol. The first kappa shape index (κ1) is 13.6. The van der Waals surface area contributed by atoms with Crippen LogP contribution in [0.15, 0.2) is 12.3 Å². The van der Waals surface area contributed by atoms with E-state index in [1.54, 1.807) is 4.90 Å². The maximum Gasteiger partial charge on any atom is 0.418 e. The third kappa shape index (κ3) is 2.95. The van der Waals surface area contributed by atoms with Gasteiger partial charge in [0.05, 0.1) is 24.3 Å². The molecule has 0 aliphatic carbocycles. The standard InChI is InChI=1S/C11H11F3N2O3/c12-11(13,14)8-6-15-9(5-7(8)10(17)18)16-1-3-19-4-2-16/h5-6H,1-4H2,(H,17,18). The van der Waals surface area contributed by atoms with Crippen LogP contribution < -0.4 is 4.90 Å². The number of nitrogens with zero attached hydrogens (tertiary/aromatic N) is 2. The minimum absolute atomic E-state index is 0.216. The van der Waals surface area contributed by atoms with Crippen LogP contribution in [0, 0.1) is 0 Å². The second kappa shape index (κ2) is 5.04. The molecule has 0 saturated carbocycles. The lowest BCUT2D eigenvalue weighted by Gasteiger charge is -2.28. The zero-order chi connectivity index (χ0) is 14.0. The molecule has 2 rings (SSSR count). The van der Waals surface area contributed by atoms with Crippen LogP contribution in [-0.2, 0) is 10.9 Å². The Morgan fingerprint density at radius 3 is 2.53 bits per heavy atom. The molecule has 5 nitrogen and oxygen atoms in total. The van der Waals surface area contributed by atoms with Crippen molar-refractivity contribution >= 4 is 11.8 Å². The minimum atomic E-state index is -4.73. The molecular weight excluding hydrogens is 265 g/mol. The molecule has 0 unspecified atom stereocenters. The van der Waals surface area contributed by atoms with Crippen molar-refractivity contribution in [3.63, 3.8) is 0 Å². The summed E-state index contributed by atoms with van der Waals surface area (Å²) in [5.74, 6) is -1.40. The molecule has 1 N–H and O–H groups in total. The van der Waals surface area contributed by atoms with E-state index >= 15 is 0 Å². The summed E-state index contributed by atoms with van der Waals surface area (Å²) in [7, 11) is 0. The topological polar surface area (TPSA) is 62.7 Å². The van der Waals surface area contributed by atoms with Crippen LogP contribution in [-0.4, -0.2) is 42.4 Å². The first-order valence-corrected chi connectivity index (χ1v) is 5.53. The van der Waals surface area contributed by atoms with Gasteiger partial charge in [-0.15, -0.1) is 0 Å². The molecule has 0 bridgehead atoms. The maximum absolute atomic E-state index is 12.6. The summed E-state index contributed by atoms with van der Waals surface area (Å²) < 4.78 is 43.0. The Kier molecular flexibility index (Phi) is 3.61. The molecule has 104 valence electrons. The number of carbonyl (C=O) groups is 1. The minimum Gasteiger partial charge on any atom is -0.478 e. The molecule has 1 saturated heterocycles. The lowest BCUT2D eigenvalue weighted by Crippen LogP contribution is -2.37. The van der Waals surface area contributed by atoms with Gasteiger partial charge in [-0.3, -0.25) is 0 Å². The van der Waals surface area contributed by atoms with Crippen LogP contribution in [0.25, 0.3) is 0 Å². The van der Waals surface area contributed by atoms with Gasteiger partial charge in [0.25, 0.3) is 0 Å². The van der Waals surface area contributed by atoms with E-state index in [-0.39, 0.29) is 5.82 Å². The van der Waals surface area contributed by atoms with Gasteiger partial charge in [0.1, 0.15) is 5.82 Å². The molecule has 0 atom stereocenters. The van der Waals surface area contributed by atoms with Gasteiger partial charge < -0.3 is 14.7 Å². The Bertz CT molecular complexity index is 485. The summed E-state index contributed by atoms with van der Waals surface area (Å²) >= 11 is 0. The highest BCUT2D eigenvalue weighted by molar-refractivity contribution is 5.90. The highest BCUT2D eigenvalue weighted by Gasteiger charge is 2.36. The van der Waals surface area contributed by atoms with Gasteiger partial charge in [-0.25, -0.2) is 9.78 Å². The van der Waals surface area contributed by atoms with Gasteiger partial charge in [0.15, 0.2) is 0 Å². The third-order valence-corrected chi connectivity index (χ3v) is 2.76. The first-order valence-electron chi connectivity index (χ1n) is 5.53. The number of halogens is 3. The molecule has 1 aliphatic heterocycles. The van der Waals surface area contributed by atoms with E-state index in [4.69, 9.17) is 9.84 Å². The van der Waals surface area contributed by atoms with E-state index < -0.39 is 23.3 Å². The van der Waals surface area contributed by atoms with Crippen molar-refractivity contribution in [2.45, 2.75) is 6.18 Å². The van der Waals surface area contributed by atoms with Crippen LogP contribution in [0.2, 0.25) is 0 Å². The summed E-state index contributed by atoms with van der Waals surface area (Å²) in [6.45, 7) is 1.81. The number of carboxylic acids is 1. The second-order valence-electron chi connectivity index (χ2n) is 3.99. The van der Waals surface area contributed by atoms with Gasteiger partial charge in [0, 0.05) is 19.3 Å². The molecule has 0 radical (unpaired) electrons. The van der Waals surface area contributed by atoms with Crippen LogP contribution in [0.1, 0.15) is 15.9 Å². The van der Waals surface area contributed by atoms with E-state index in [0.29, 0.717) is 32.5 Å². The van der Waals surface area contributed by atoms with Gasteiger partial charge in [-0.1, -0.05) is 0 Å². The van der Waals surface area contributed by atoms with Crippen molar-refractivity contribution < 1.29 is 27.8 Å². The number of carboxylic acid groups (broad SMARTS) is 1. The predicted molar refractivity (Wildman–Crippen MR) is 59.2 cm³/mol. The van der Waals surface area contributed by atoms with Gasteiger partial charge >= 0.3 is 12.1 Å². The lowest BCUT2D eigenvalue weighted by molar-refractivity contribution is -0.138. The van der Waals surface area contributed by atoms with Crippen LogP contribution >= 0.6 is 0 Å². The Balaban J connectivity index is 2.38. The lowest BCUT2D eigenvalue weighted by atomic mass is 10.1. The van der Waals surface area contributed by atoms with E-state index in [9.17, 15) is 18.0 Å². The molecule has 1 fully saturated rings. The Morgan fingerprint density at radius 2 is 2.00 bits per heavy atom. The van der Waals surface area contributed by atoms with Crippen molar-refractivity contribution in [1.82, 2.24) is 4.98 Å². The summed E-state index contributed by atoms with van der Waals surface area (Å²) in [4.78, 5) is 16.3. The molecular formula is C11H11F3N2O3. The Labute approximate surface area is 106 Å². The average Bonchev–Trinajstić information content (AvgIpc) is 2.38. The van der Waals surface area contributed by atoms with Crippen molar-refractivity contribution in [3.8, 4) is 0 Å². The fourth-order valence-electron chi connectivity index (χ4n) is 1.81. The SMILES string of the molecule is O=C(O)c1cc(N2CCOCC2)ncc1C(F)(F)F. The van der Waals surface area contributed by atoms with E-state index in [0.717, 1.165) is 6.07 Å². The number of rotatable bonds is 2. The molecule has 1 aromatic rings. The summed E-state index contributed by atoms with van der Waals surface area (Å²) in [5.41, 5.74) is -2.03. The van der Waals surface area contributed by atoms with Crippen LogP contribution in [0.4, 0.5) is 19.0 Å². The second-order valence-corrected chi connectivity index (χ2v) is 3.99. The number of anilines is 1. The normalized spacial score (nSPS) is 16.5. The number of aromatic nitrogens is 1. The monoisotopic (exact) mass is 276 g/mol. The largest absolute Gasteiger partial charge is 0.478 e. The summed E-state index contributed by atoms with van der Waals surface area (Å²) in [6, 6.07) is 0.955. The first-order chi connectivity index (χ1) is 8.89. The zero-order valence-corrected chi connectivity index (χ0v) is 9.78. The summed E-state index contributed by atoms with van der Waals surface area (Å²) in [5, 5.41) is 8.88. The van der Waals surface area contributed by atoms with Crippen molar-refractivity contribution in [2.75, 3.05) is 31.2 Å². The molecule has 0 amide bonds. The van der Waals surface area contributed by atoms with E-state index in [1.807, 2.05) is 0 Å². The number of pyridine rings is 1. The number of alkyl halides is 3. The highest BCUT2D eigenvalue weighted by atomic mass is 19.4. The number of hydrogen-bond acceptors (Lipinski definition) is 4. The van der Waals surface area contributed by atoms with Crippen LogP contribution in [0.5, 0.6) is 0 Å². The maximum atomic E-state index is 12.6. The number of morpholine rings is 1. The van der Waals surface area contributed by atoms with Crippen LogP contribution in [0.3, 0.4) is 0 Å². The number of ether oxygens (including phenoxy) is 1. The Morgan fingerprint density at radius 1 is 1.37 bits per heavy atom. The fraction of sp³-hybridized carbons (Fsp3) is 0.455.